The summed E-state index contributed by atoms with van der Waals surface area (Å²) in [4.78, 5) is 9.23. The van der Waals surface area contributed by atoms with E-state index in [0.29, 0.717) is 0 Å². The van der Waals surface area contributed by atoms with Crippen LogP contribution in [0.2, 0.25) is 0 Å². The minimum Gasteiger partial charge on any atom is -0.297 e. The highest BCUT2D eigenvalue weighted by Gasteiger charge is 2.17. The number of halogens is 1. The molecule has 1 aliphatic heterocycles. The maximum absolute atomic E-state index is 4.19. The second-order valence-corrected chi connectivity index (χ2v) is 6.46. The number of aromatic nitrogens is 1. The molecule has 2 heterocycles. The van der Waals surface area contributed by atoms with E-state index in [1.165, 1.54) is 11.1 Å². The Kier molecular flexibility index (Phi) is 5.01. The molecule has 3 rings (SSSR count). The Labute approximate surface area is 134 Å². The van der Waals surface area contributed by atoms with Crippen molar-refractivity contribution >= 4 is 15.9 Å². The first kappa shape index (κ1) is 14.7. The molecule has 0 radical (unpaired) electrons. The van der Waals surface area contributed by atoms with Gasteiger partial charge in [0.2, 0.25) is 0 Å². The first-order chi connectivity index (χ1) is 10.3. The third-order valence-corrected chi connectivity index (χ3v) is 4.38. The summed E-state index contributed by atoms with van der Waals surface area (Å²) < 4.78 is 1.16. The van der Waals surface area contributed by atoms with Crippen molar-refractivity contribution in [2.75, 3.05) is 26.2 Å². The molecule has 1 aliphatic rings. The van der Waals surface area contributed by atoms with Crippen LogP contribution < -0.4 is 0 Å². The van der Waals surface area contributed by atoms with Crippen LogP contribution in [0.5, 0.6) is 0 Å². The lowest BCUT2D eigenvalue weighted by Crippen LogP contribution is -2.45. The minimum atomic E-state index is 1.01. The van der Waals surface area contributed by atoms with Gasteiger partial charge in [0.1, 0.15) is 0 Å². The van der Waals surface area contributed by atoms with Crippen molar-refractivity contribution in [2.24, 2.45) is 0 Å². The van der Waals surface area contributed by atoms with Gasteiger partial charge in [-0.25, -0.2) is 0 Å². The number of nitrogens with zero attached hydrogens (tertiary/aromatic N) is 3. The molecule has 3 nitrogen and oxygen atoms in total. The monoisotopic (exact) mass is 345 g/mol. The van der Waals surface area contributed by atoms with Crippen LogP contribution in [-0.2, 0) is 13.1 Å². The average Bonchev–Trinajstić information content (AvgIpc) is 2.50. The largest absolute Gasteiger partial charge is 0.297 e. The van der Waals surface area contributed by atoms with E-state index in [-0.39, 0.29) is 0 Å². The van der Waals surface area contributed by atoms with Crippen LogP contribution >= 0.6 is 15.9 Å². The zero-order valence-corrected chi connectivity index (χ0v) is 13.7. The van der Waals surface area contributed by atoms with Crippen molar-refractivity contribution in [3.8, 4) is 0 Å². The topological polar surface area (TPSA) is 19.4 Å². The summed E-state index contributed by atoms with van der Waals surface area (Å²) >= 11 is 3.54. The highest BCUT2D eigenvalue weighted by atomic mass is 79.9. The van der Waals surface area contributed by atoms with E-state index >= 15 is 0 Å². The molecule has 0 aliphatic carbocycles. The number of hydrogen-bond donors (Lipinski definition) is 0. The fourth-order valence-electron chi connectivity index (χ4n) is 2.75. The maximum atomic E-state index is 4.19. The van der Waals surface area contributed by atoms with E-state index in [9.17, 15) is 0 Å². The standard InChI is InChI=1S/C17H20BrN3/c18-17-5-1-3-15(11-17)13-20-7-9-21(10-8-20)14-16-4-2-6-19-12-16/h1-6,11-12H,7-10,13-14H2. The molecule has 1 fully saturated rings. The van der Waals surface area contributed by atoms with Gasteiger partial charge < -0.3 is 0 Å². The molecular weight excluding hydrogens is 326 g/mol. The Hall–Kier alpha value is -1.23. The Bertz CT molecular complexity index is 565. The molecule has 0 N–H and O–H groups in total. The predicted octanol–water partition coefficient (Wildman–Crippen LogP) is 3.16. The third-order valence-electron chi connectivity index (χ3n) is 3.89. The van der Waals surface area contributed by atoms with E-state index in [1.54, 1.807) is 0 Å². The van der Waals surface area contributed by atoms with Crippen molar-refractivity contribution in [2.45, 2.75) is 13.1 Å². The molecule has 21 heavy (non-hydrogen) atoms. The summed E-state index contributed by atoms with van der Waals surface area (Å²) in [5.41, 5.74) is 2.68. The zero-order valence-electron chi connectivity index (χ0n) is 12.1. The Morgan fingerprint density at radius 3 is 2.19 bits per heavy atom. The molecule has 0 unspecified atom stereocenters. The Morgan fingerprint density at radius 1 is 0.905 bits per heavy atom. The van der Waals surface area contributed by atoms with Crippen LogP contribution in [0.3, 0.4) is 0 Å². The molecular formula is C17H20BrN3. The fourth-order valence-corrected chi connectivity index (χ4v) is 3.20. The van der Waals surface area contributed by atoms with E-state index < -0.39 is 0 Å². The van der Waals surface area contributed by atoms with Gasteiger partial charge in [-0.1, -0.05) is 34.1 Å². The van der Waals surface area contributed by atoms with Crippen molar-refractivity contribution in [1.82, 2.24) is 14.8 Å². The fraction of sp³-hybridized carbons (Fsp3) is 0.353. The number of benzene rings is 1. The number of pyridine rings is 1. The normalized spacial score (nSPS) is 17.0. The summed E-state index contributed by atoms with van der Waals surface area (Å²) in [7, 11) is 0. The predicted molar refractivity (Wildman–Crippen MR) is 88.9 cm³/mol. The molecule has 1 saturated heterocycles. The molecule has 0 atom stereocenters. The van der Waals surface area contributed by atoms with Gasteiger partial charge in [0.25, 0.3) is 0 Å². The molecule has 0 spiro atoms. The molecule has 0 amide bonds. The van der Waals surface area contributed by atoms with E-state index in [2.05, 4.69) is 61.0 Å². The highest BCUT2D eigenvalue weighted by molar-refractivity contribution is 9.10. The summed E-state index contributed by atoms with van der Waals surface area (Å²) in [6.45, 7) is 6.57. The smallest absolute Gasteiger partial charge is 0.0312 e. The van der Waals surface area contributed by atoms with Crippen LogP contribution in [0.1, 0.15) is 11.1 Å². The van der Waals surface area contributed by atoms with Gasteiger partial charge in [0.05, 0.1) is 0 Å². The lowest BCUT2D eigenvalue weighted by molar-refractivity contribution is 0.122. The van der Waals surface area contributed by atoms with Crippen molar-refractivity contribution < 1.29 is 0 Å². The molecule has 0 saturated carbocycles. The quantitative estimate of drug-likeness (QED) is 0.848. The van der Waals surface area contributed by atoms with Gasteiger partial charge in [0, 0.05) is 56.1 Å². The van der Waals surface area contributed by atoms with Crippen molar-refractivity contribution in [3.63, 3.8) is 0 Å². The van der Waals surface area contributed by atoms with E-state index in [1.807, 2.05) is 18.5 Å². The lowest BCUT2D eigenvalue weighted by Gasteiger charge is -2.34. The van der Waals surface area contributed by atoms with Gasteiger partial charge >= 0.3 is 0 Å². The first-order valence-corrected chi connectivity index (χ1v) is 8.17. The molecule has 0 bridgehead atoms. The molecule has 1 aromatic heterocycles. The van der Waals surface area contributed by atoms with Gasteiger partial charge in [-0.3, -0.25) is 14.8 Å². The molecule has 4 heteroatoms. The van der Waals surface area contributed by atoms with Gasteiger partial charge in [-0.05, 0) is 29.3 Å². The van der Waals surface area contributed by atoms with Crippen LogP contribution in [0.25, 0.3) is 0 Å². The van der Waals surface area contributed by atoms with E-state index in [4.69, 9.17) is 0 Å². The Morgan fingerprint density at radius 2 is 1.57 bits per heavy atom. The number of hydrogen-bond acceptors (Lipinski definition) is 3. The second-order valence-electron chi connectivity index (χ2n) is 5.54. The lowest BCUT2D eigenvalue weighted by atomic mass is 10.2. The van der Waals surface area contributed by atoms with Gasteiger partial charge in [-0.2, -0.15) is 0 Å². The van der Waals surface area contributed by atoms with E-state index in [0.717, 1.165) is 43.7 Å². The van der Waals surface area contributed by atoms with Crippen LogP contribution in [0, 0.1) is 0 Å². The molecule has 1 aromatic carbocycles. The number of rotatable bonds is 4. The van der Waals surface area contributed by atoms with Crippen LogP contribution in [0.4, 0.5) is 0 Å². The first-order valence-electron chi connectivity index (χ1n) is 7.38. The van der Waals surface area contributed by atoms with Crippen molar-refractivity contribution in [1.29, 1.82) is 0 Å². The number of piperazine rings is 1. The average molecular weight is 346 g/mol. The zero-order chi connectivity index (χ0) is 14.5. The summed E-state index contributed by atoms with van der Waals surface area (Å²) in [6.07, 6.45) is 3.80. The Balaban J connectivity index is 1.49. The summed E-state index contributed by atoms with van der Waals surface area (Å²) in [6, 6.07) is 12.8. The van der Waals surface area contributed by atoms with Gasteiger partial charge in [0.15, 0.2) is 0 Å². The third kappa shape index (κ3) is 4.37. The summed E-state index contributed by atoms with van der Waals surface area (Å²) in [5, 5.41) is 0. The molecule has 110 valence electrons. The second kappa shape index (κ2) is 7.16. The highest BCUT2D eigenvalue weighted by Crippen LogP contribution is 2.15. The SMILES string of the molecule is Brc1cccc(CN2CCN(Cc3cccnc3)CC2)c1. The molecule has 2 aromatic rings. The van der Waals surface area contributed by atoms with Crippen LogP contribution in [0.15, 0.2) is 53.3 Å². The maximum Gasteiger partial charge on any atom is 0.0312 e. The van der Waals surface area contributed by atoms with Gasteiger partial charge in [-0.15, -0.1) is 0 Å². The van der Waals surface area contributed by atoms with Crippen molar-refractivity contribution in [3.05, 3.63) is 64.4 Å². The summed E-state index contributed by atoms with van der Waals surface area (Å²) in [5.74, 6) is 0. The minimum absolute atomic E-state index is 1.01. The van der Waals surface area contributed by atoms with Crippen LogP contribution in [-0.4, -0.2) is 41.0 Å².